The van der Waals surface area contributed by atoms with E-state index in [1.165, 1.54) is 29.0 Å². The van der Waals surface area contributed by atoms with E-state index in [-0.39, 0.29) is 22.2 Å². The number of esters is 1. The van der Waals surface area contributed by atoms with Crippen LogP contribution in [0.2, 0.25) is 4.34 Å². The Morgan fingerprint density at radius 3 is 2.66 bits per heavy atom. The Morgan fingerprint density at radius 1 is 1.21 bits per heavy atom. The summed E-state index contributed by atoms with van der Waals surface area (Å²) in [5.74, 6) is -0.444. The zero-order valence-corrected chi connectivity index (χ0v) is 19.3. The number of hydrogen-bond donors (Lipinski definition) is 0. The van der Waals surface area contributed by atoms with E-state index >= 15 is 0 Å². The van der Waals surface area contributed by atoms with E-state index in [1.807, 2.05) is 18.2 Å². The molecule has 0 saturated heterocycles. The number of nitrogens with zero attached hydrogens (tertiary/aromatic N) is 2. The van der Waals surface area contributed by atoms with Crippen LogP contribution in [-0.4, -0.2) is 25.6 Å². The first-order valence-corrected chi connectivity index (χ1v) is 12.6. The first kappa shape index (κ1) is 22.0. The molecule has 2 aromatic heterocycles. The molecule has 0 fully saturated rings. The van der Waals surface area contributed by atoms with Crippen molar-refractivity contribution in [3.8, 4) is 0 Å². The van der Waals surface area contributed by atoms with E-state index in [9.17, 15) is 13.2 Å². The number of hydrogen-bond acceptors (Lipinski definition) is 6. The highest BCUT2D eigenvalue weighted by Crippen LogP contribution is 2.27. The molecule has 0 spiro atoms. The fourth-order valence-corrected chi connectivity index (χ4v) is 6.55. The summed E-state index contributed by atoms with van der Waals surface area (Å²) in [5.41, 5.74) is 1.92. The lowest BCUT2D eigenvalue weighted by molar-refractivity contribution is -0.143. The lowest BCUT2D eigenvalue weighted by Gasteiger charge is -2.06. The van der Waals surface area contributed by atoms with Crippen LogP contribution in [0, 0.1) is 0 Å². The number of aryl methyl sites for hydroxylation is 1. The van der Waals surface area contributed by atoms with Gasteiger partial charge in [0.1, 0.15) is 10.8 Å². The van der Waals surface area contributed by atoms with Crippen LogP contribution in [-0.2, 0) is 32.5 Å². The van der Waals surface area contributed by atoms with Crippen LogP contribution in [0.25, 0.3) is 10.2 Å². The summed E-state index contributed by atoms with van der Waals surface area (Å²) in [6.07, 6.45) is 3.11. The normalized spacial score (nSPS) is 12.6. The van der Waals surface area contributed by atoms with Crippen LogP contribution in [0.4, 0.5) is 0 Å². The van der Waals surface area contributed by atoms with E-state index in [0.29, 0.717) is 4.34 Å². The van der Waals surface area contributed by atoms with Crippen LogP contribution in [0.15, 0.2) is 38.9 Å². The molecule has 3 rings (SSSR count). The highest BCUT2D eigenvalue weighted by molar-refractivity contribution is 7.92. The molecule has 0 N–H and O–H groups in total. The van der Waals surface area contributed by atoms with Crippen molar-refractivity contribution in [3.63, 3.8) is 0 Å². The van der Waals surface area contributed by atoms with Gasteiger partial charge < -0.3 is 9.30 Å². The zero-order chi connectivity index (χ0) is 21.0. The Kier molecular flexibility index (Phi) is 7.15. The van der Waals surface area contributed by atoms with Gasteiger partial charge in [-0.3, -0.25) is 4.79 Å². The van der Waals surface area contributed by atoms with Gasteiger partial charge in [-0.05, 0) is 49.6 Å². The predicted molar refractivity (Wildman–Crippen MR) is 117 cm³/mol. The fourth-order valence-electron chi connectivity index (χ4n) is 2.80. The smallest absolute Gasteiger partial charge is 0.326 e. The van der Waals surface area contributed by atoms with Crippen molar-refractivity contribution in [3.05, 3.63) is 45.0 Å². The summed E-state index contributed by atoms with van der Waals surface area (Å²) >= 11 is 8.06. The number of ether oxygens (including phenoxy) is 1. The Morgan fingerprint density at radius 2 is 2.00 bits per heavy atom. The third-order valence-electron chi connectivity index (χ3n) is 4.16. The van der Waals surface area contributed by atoms with Crippen molar-refractivity contribution in [1.82, 2.24) is 4.57 Å². The number of benzene rings is 1. The number of carbonyl (C=O) groups is 1. The molecule has 0 aliphatic rings. The number of unbranched alkanes of at least 4 members (excludes halogenated alkanes) is 1. The number of sulfonamides is 1. The molecule has 0 bridgehead atoms. The molecule has 6 nitrogen and oxygen atoms in total. The van der Waals surface area contributed by atoms with Gasteiger partial charge in [-0.25, -0.2) is 0 Å². The van der Waals surface area contributed by atoms with Gasteiger partial charge in [-0.2, -0.15) is 8.42 Å². The number of carbonyl (C=O) groups excluding carboxylic acids is 1. The van der Waals surface area contributed by atoms with Gasteiger partial charge in [-0.15, -0.1) is 15.7 Å². The van der Waals surface area contributed by atoms with Crippen LogP contribution in [0.3, 0.4) is 0 Å². The molecule has 0 radical (unpaired) electrons. The maximum atomic E-state index is 12.7. The van der Waals surface area contributed by atoms with Crippen molar-refractivity contribution in [2.75, 3.05) is 6.61 Å². The molecule has 0 unspecified atom stereocenters. The van der Waals surface area contributed by atoms with Gasteiger partial charge in [0, 0.05) is 0 Å². The van der Waals surface area contributed by atoms with Crippen molar-refractivity contribution >= 4 is 60.5 Å². The Bertz CT molecular complexity index is 1190. The van der Waals surface area contributed by atoms with Crippen molar-refractivity contribution in [2.45, 2.75) is 43.9 Å². The van der Waals surface area contributed by atoms with Crippen LogP contribution in [0.5, 0.6) is 0 Å². The van der Waals surface area contributed by atoms with Gasteiger partial charge >= 0.3 is 5.97 Å². The molecular formula is C19H21ClN2O4S3. The Balaban J connectivity index is 2.13. The fraction of sp³-hybridized carbons (Fsp3) is 0.368. The van der Waals surface area contributed by atoms with Gasteiger partial charge in [0.25, 0.3) is 10.0 Å². The molecule has 0 aliphatic carbocycles. The molecule has 2 heterocycles. The van der Waals surface area contributed by atoms with Gasteiger partial charge in [-0.1, -0.05) is 42.3 Å². The minimum atomic E-state index is -3.94. The monoisotopic (exact) mass is 472 g/mol. The average molecular weight is 473 g/mol. The van der Waals surface area contributed by atoms with Crippen molar-refractivity contribution in [2.24, 2.45) is 4.40 Å². The van der Waals surface area contributed by atoms with Gasteiger partial charge in [0.05, 0.1) is 21.2 Å². The molecular weight excluding hydrogens is 452 g/mol. The highest BCUT2D eigenvalue weighted by atomic mass is 35.5. The SMILES string of the molecule is CCCCc1ccc2c(c1)s/c(=N\S(=O)(=O)c1ccc(Cl)s1)n2CC(=O)OCC. The molecule has 0 atom stereocenters. The third-order valence-corrected chi connectivity index (χ3v) is 8.28. The van der Waals surface area contributed by atoms with E-state index in [4.69, 9.17) is 16.3 Å². The minimum Gasteiger partial charge on any atom is -0.465 e. The van der Waals surface area contributed by atoms with E-state index < -0.39 is 16.0 Å². The summed E-state index contributed by atoms with van der Waals surface area (Å²) in [6.45, 7) is 4.00. The highest BCUT2D eigenvalue weighted by Gasteiger charge is 2.18. The summed E-state index contributed by atoms with van der Waals surface area (Å²) in [7, 11) is -3.94. The second kappa shape index (κ2) is 9.42. The standard InChI is InChI=1S/C19H21ClN2O4S3/c1-3-5-6-13-7-8-14-15(11-13)27-19(22(14)12-17(23)26-4-2)21-29(24,25)18-10-9-16(20)28-18/h7-11H,3-6,12H2,1-2H3/b21-19-. The lowest BCUT2D eigenvalue weighted by Crippen LogP contribution is -2.23. The number of thiazole rings is 1. The molecule has 0 saturated carbocycles. The molecule has 0 amide bonds. The molecule has 10 heteroatoms. The summed E-state index contributed by atoms with van der Waals surface area (Å²) < 4.78 is 37.4. The average Bonchev–Trinajstić information content (AvgIpc) is 3.24. The van der Waals surface area contributed by atoms with Gasteiger partial charge in [0.15, 0.2) is 0 Å². The van der Waals surface area contributed by atoms with Crippen molar-refractivity contribution < 1.29 is 17.9 Å². The number of fused-ring (bicyclic) bond motifs is 1. The first-order chi connectivity index (χ1) is 13.8. The maximum Gasteiger partial charge on any atom is 0.326 e. The zero-order valence-electron chi connectivity index (χ0n) is 16.1. The van der Waals surface area contributed by atoms with E-state index in [0.717, 1.165) is 40.8 Å². The number of thiophene rings is 1. The number of aromatic nitrogens is 1. The Hall–Kier alpha value is -1.68. The minimum absolute atomic E-state index is 0.0614. The van der Waals surface area contributed by atoms with Crippen molar-refractivity contribution in [1.29, 1.82) is 0 Å². The second-order valence-electron chi connectivity index (χ2n) is 6.31. The van der Waals surface area contributed by atoms with Crippen LogP contribution >= 0.6 is 34.3 Å². The molecule has 156 valence electrons. The first-order valence-electron chi connectivity index (χ1n) is 9.18. The van der Waals surface area contributed by atoms with E-state index in [2.05, 4.69) is 11.3 Å². The summed E-state index contributed by atoms with van der Waals surface area (Å²) in [4.78, 5) is 12.3. The van der Waals surface area contributed by atoms with Gasteiger partial charge in [0.2, 0.25) is 4.80 Å². The molecule has 29 heavy (non-hydrogen) atoms. The predicted octanol–water partition coefficient (Wildman–Crippen LogP) is 4.61. The quantitative estimate of drug-likeness (QED) is 0.448. The molecule has 1 aromatic carbocycles. The largest absolute Gasteiger partial charge is 0.465 e. The van der Waals surface area contributed by atoms with Crippen LogP contribution in [0.1, 0.15) is 32.3 Å². The number of rotatable bonds is 8. The Labute approximate surface area is 182 Å². The lowest BCUT2D eigenvalue weighted by atomic mass is 10.1. The molecule has 0 aliphatic heterocycles. The van der Waals surface area contributed by atoms with E-state index in [1.54, 1.807) is 11.5 Å². The topological polar surface area (TPSA) is 77.7 Å². The maximum absolute atomic E-state index is 12.7. The second-order valence-corrected chi connectivity index (χ2v) is 10.9. The summed E-state index contributed by atoms with van der Waals surface area (Å²) in [5, 5.41) is 0. The van der Waals surface area contributed by atoms with Crippen LogP contribution < -0.4 is 4.80 Å². The molecule has 3 aromatic rings. The summed E-state index contributed by atoms with van der Waals surface area (Å²) in [6, 6.07) is 8.89. The third kappa shape index (κ3) is 5.28. The number of halogens is 1.